The lowest BCUT2D eigenvalue weighted by Gasteiger charge is -2.15. The van der Waals surface area contributed by atoms with Crippen LogP contribution >= 0.6 is 0 Å². The second-order valence-electron chi connectivity index (χ2n) is 7.42. The molecule has 0 saturated heterocycles. The van der Waals surface area contributed by atoms with Crippen LogP contribution in [0.3, 0.4) is 0 Å². The molecule has 10 heteroatoms. The number of anilines is 1. The highest BCUT2D eigenvalue weighted by molar-refractivity contribution is 6.05. The van der Waals surface area contributed by atoms with E-state index in [1.807, 2.05) is 18.2 Å². The van der Waals surface area contributed by atoms with Crippen molar-refractivity contribution in [2.45, 2.75) is 6.61 Å². The predicted octanol–water partition coefficient (Wildman–Crippen LogP) is 3.13. The summed E-state index contributed by atoms with van der Waals surface area (Å²) in [5.74, 6) is 1.54. The largest absolute Gasteiger partial charge is 0.493 e. The maximum Gasteiger partial charge on any atom is 0.255 e. The van der Waals surface area contributed by atoms with Gasteiger partial charge in [-0.2, -0.15) is 0 Å². The molecule has 2 amide bonds. The fourth-order valence-corrected chi connectivity index (χ4v) is 3.37. The Hall–Kier alpha value is -4.60. The van der Waals surface area contributed by atoms with Crippen molar-refractivity contribution in [1.82, 2.24) is 0 Å². The Balaban J connectivity index is 1.45. The van der Waals surface area contributed by atoms with Gasteiger partial charge in [-0.05, 0) is 42.0 Å². The zero-order valence-electron chi connectivity index (χ0n) is 19.2. The van der Waals surface area contributed by atoms with E-state index in [2.05, 4.69) is 5.32 Å². The van der Waals surface area contributed by atoms with Crippen LogP contribution in [0.2, 0.25) is 0 Å². The number of hydrogen-bond acceptors (Lipinski definition) is 8. The van der Waals surface area contributed by atoms with E-state index < -0.39 is 11.8 Å². The standard InChI is InChI=1S/C25H24N2O8/c1-30-21-9-16(10-22(31-2)24(21)33-13-23(26)28)25(29)27-17-5-3-4-15(8-17)12-32-18-6-7-19-20(11-18)35-14-34-19/h3-11H,12-14H2,1-2H3,(H2,26,28)(H,27,29). The third-order valence-corrected chi connectivity index (χ3v) is 5.02. The van der Waals surface area contributed by atoms with Crippen molar-refractivity contribution in [3.05, 3.63) is 65.7 Å². The van der Waals surface area contributed by atoms with E-state index in [1.54, 1.807) is 24.3 Å². The van der Waals surface area contributed by atoms with Crippen molar-refractivity contribution in [2.75, 3.05) is 32.9 Å². The molecule has 0 bridgehead atoms. The summed E-state index contributed by atoms with van der Waals surface area (Å²) in [6.07, 6.45) is 0. The van der Waals surface area contributed by atoms with E-state index in [0.717, 1.165) is 5.56 Å². The Bertz CT molecular complexity index is 1220. The lowest BCUT2D eigenvalue weighted by molar-refractivity contribution is -0.120. The van der Waals surface area contributed by atoms with Crippen molar-refractivity contribution in [3.63, 3.8) is 0 Å². The third kappa shape index (κ3) is 5.67. The molecule has 0 fully saturated rings. The van der Waals surface area contributed by atoms with Crippen LogP contribution in [0.5, 0.6) is 34.5 Å². The van der Waals surface area contributed by atoms with Crippen molar-refractivity contribution < 1.29 is 38.0 Å². The molecule has 0 saturated carbocycles. The highest BCUT2D eigenvalue weighted by Crippen LogP contribution is 2.39. The highest BCUT2D eigenvalue weighted by Gasteiger charge is 2.19. The Labute approximate surface area is 201 Å². The van der Waals surface area contributed by atoms with E-state index in [0.29, 0.717) is 22.9 Å². The summed E-state index contributed by atoms with van der Waals surface area (Å²) in [5, 5.41) is 2.85. The van der Waals surface area contributed by atoms with Crippen LogP contribution in [-0.2, 0) is 11.4 Å². The Morgan fingerprint density at radius 2 is 1.69 bits per heavy atom. The van der Waals surface area contributed by atoms with Gasteiger partial charge in [-0.25, -0.2) is 0 Å². The molecule has 1 aliphatic heterocycles. The lowest BCUT2D eigenvalue weighted by Crippen LogP contribution is -2.20. The lowest BCUT2D eigenvalue weighted by atomic mass is 10.1. The number of methoxy groups -OCH3 is 2. The fraction of sp³-hybridized carbons (Fsp3) is 0.200. The summed E-state index contributed by atoms with van der Waals surface area (Å²) in [6, 6.07) is 15.6. The highest BCUT2D eigenvalue weighted by atomic mass is 16.7. The van der Waals surface area contributed by atoms with Gasteiger partial charge >= 0.3 is 0 Å². The topological polar surface area (TPSA) is 128 Å². The molecule has 35 heavy (non-hydrogen) atoms. The average molecular weight is 480 g/mol. The molecule has 0 aromatic heterocycles. The van der Waals surface area contributed by atoms with E-state index in [9.17, 15) is 9.59 Å². The van der Waals surface area contributed by atoms with E-state index >= 15 is 0 Å². The summed E-state index contributed by atoms with van der Waals surface area (Å²) in [6.45, 7) is 0.123. The minimum Gasteiger partial charge on any atom is -0.493 e. The maximum atomic E-state index is 12.9. The number of nitrogens with two attached hydrogens (primary N) is 1. The molecule has 0 atom stereocenters. The fourth-order valence-electron chi connectivity index (χ4n) is 3.37. The number of rotatable bonds is 10. The van der Waals surface area contributed by atoms with Gasteiger partial charge in [-0.3, -0.25) is 9.59 Å². The quantitative estimate of drug-likeness (QED) is 0.453. The smallest absolute Gasteiger partial charge is 0.255 e. The second-order valence-corrected chi connectivity index (χ2v) is 7.42. The van der Waals surface area contributed by atoms with Crippen molar-refractivity contribution in [3.8, 4) is 34.5 Å². The van der Waals surface area contributed by atoms with Gasteiger partial charge in [0.25, 0.3) is 11.8 Å². The second kappa shape index (κ2) is 10.6. The summed E-state index contributed by atoms with van der Waals surface area (Å²) in [5.41, 5.74) is 6.85. The first kappa shape index (κ1) is 23.6. The maximum absolute atomic E-state index is 12.9. The number of fused-ring (bicyclic) bond motifs is 1. The van der Waals surface area contributed by atoms with Gasteiger partial charge in [-0.15, -0.1) is 0 Å². The van der Waals surface area contributed by atoms with Crippen LogP contribution in [0.4, 0.5) is 5.69 Å². The number of carbonyl (C=O) groups is 2. The van der Waals surface area contributed by atoms with E-state index in [4.69, 9.17) is 34.2 Å². The first-order valence-corrected chi connectivity index (χ1v) is 10.6. The summed E-state index contributed by atoms with van der Waals surface area (Å²) < 4.78 is 32.5. The molecule has 0 spiro atoms. The predicted molar refractivity (Wildman–Crippen MR) is 126 cm³/mol. The SMILES string of the molecule is COc1cc(C(=O)Nc2cccc(COc3ccc4c(c3)OCO4)c2)cc(OC)c1OCC(N)=O. The van der Waals surface area contributed by atoms with Crippen LogP contribution in [0.25, 0.3) is 0 Å². The Morgan fingerprint density at radius 1 is 0.943 bits per heavy atom. The molecule has 0 unspecified atom stereocenters. The van der Waals surface area contributed by atoms with E-state index in [-0.39, 0.29) is 42.8 Å². The first-order chi connectivity index (χ1) is 17.0. The molecule has 0 radical (unpaired) electrons. The van der Waals surface area contributed by atoms with Crippen molar-refractivity contribution in [1.29, 1.82) is 0 Å². The number of benzene rings is 3. The molecule has 1 heterocycles. The summed E-state index contributed by atoms with van der Waals surface area (Å²) >= 11 is 0. The number of amides is 2. The molecule has 3 aromatic rings. The normalized spacial score (nSPS) is 11.5. The van der Waals surface area contributed by atoms with Crippen LogP contribution < -0.4 is 39.5 Å². The first-order valence-electron chi connectivity index (χ1n) is 10.6. The van der Waals surface area contributed by atoms with Gasteiger partial charge in [0.1, 0.15) is 12.4 Å². The van der Waals surface area contributed by atoms with E-state index in [1.165, 1.54) is 26.4 Å². The molecular weight excluding hydrogens is 456 g/mol. The van der Waals surface area contributed by atoms with Crippen LogP contribution in [0.15, 0.2) is 54.6 Å². The van der Waals surface area contributed by atoms with Crippen molar-refractivity contribution in [2.24, 2.45) is 5.73 Å². The molecule has 182 valence electrons. The van der Waals surface area contributed by atoms with Crippen LogP contribution in [0.1, 0.15) is 15.9 Å². The van der Waals surface area contributed by atoms with Crippen LogP contribution in [-0.4, -0.2) is 39.4 Å². The molecule has 3 aromatic carbocycles. The molecular formula is C25H24N2O8. The van der Waals surface area contributed by atoms with Gasteiger partial charge in [0.2, 0.25) is 12.5 Å². The van der Waals surface area contributed by atoms with Gasteiger partial charge in [0.05, 0.1) is 14.2 Å². The summed E-state index contributed by atoms with van der Waals surface area (Å²) in [4.78, 5) is 24.0. The molecule has 1 aliphatic rings. The zero-order valence-corrected chi connectivity index (χ0v) is 19.2. The van der Waals surface area contributed by atoms with Gasteiger partial charge in [0, 0.05) is 17.3 Å². The van der Waals surface area contributed by atoms with Crippen molar-refractivity contribution >= 4 is 17.5 Å². The number of nitrogens with one attached hydrogen (secondary N) is 1. The summed E-state index contributed by atoms with van der Waals surface area (Å²) in [7, 11) is 2.83. The number of ether oxygens (including phenoxy) is 6. The monoisotopic (exact) mass is 480 g/mol. The third-order valence-electron chi connectivity index (χ3n) is 5.02. The van der Waals surface area contributed by atoms with Gasteiger partial charge in [0.15, 0.2) is 29.6 Å². The zero-order chi connectivity index (χ0) is 24.8. The number of primary amides is 1. The van der Waals surface area contributed by atoms with Gasteiger partial charge in [-0.1, -0.05) is 12.1 Å². The Kier molecular flexibility index (Phi) is 7.10. The minimum absolute atomic E-state index is 0.174. The van der Waals surface area contributed by atoms with Gasteiger partial charge < -0.3 is 39.5 Å². The average Bonchev–Trinajstić information content (AvgIpc) is 3.33. The molecule has 3 N–H and O–H groups in total. The molecule has 0 aliphatic carbocycles. The molecule has 4 rings (SSSR count). The number of carbonyl (C=O) groups excluding carboxylic acids is 2. The molecule has 10 nitrogen and oxygen atoms in total. The Morgan fingerprint density at radius 3 is 2.40 bits per heavy atom. The minimum atomic E-state index is -0.654. The van der Waals surface area contributed by atoms with Crippen LogP contribution in [0, 0.1) is 0 Å². The number of hydrogen-bond donors (Lipinski definition) is 2.